The minimum Gasteiger partial charge on any atom is -0.489 e. The van der Waals surface area contributed by atoms with Gasteiger partial charge in [-0.25, -0.2) is 9.59 Å². The highest BCUT2D eigenvalue weighted by Gasteiger charge is 2.39. The van der Waals surface area contributed by atoms with Crippen molar-refractivity contribution in [2.45, 2.75) is 84.4 Å². The molecule has 0 unspecified atom stereocenters. The van der Waals surface area contributed by atoms with E-state index in [1.165, 1.54) is 4.90 Å². The Kier molecular flexibility index (Phi) is 12.1. The number of aromatic nitrogens is 1. The number of fused-ring (bicyclic) bond motifs is 2. The van der Waals surface area contributed by atoms with Crippen molar-refractivity contribution in [1.82, 2.24) is 15.2 Å². The minimum atomic E-state index is -1.25. The average molecular weight is 839 g/mol. The zero-order chi connectivity index (χ0) is 42.0. The number of hydrogen-bond donors (Lipinski definition) is 2. The number of nitrogens with zero attached hydrogens (tertiary/aromatic N) is 2. The lowest BCUT2D eigenvalue weighted by Gasteiger charge is -2.38. The maximum atomic E-state index is 14.0. The van der Waals surface area contributed by atoms with Crippen LogP contribution in [0.25, 0.3) is 11.1 Å². The van der Waals surface area contributed by atoms with Gasteiger partial charge in [0.1, 0.15) is 36.6 Å². The van der Waals surface area contributed by atoms with Gasteiger partial charge in [-0.1, -0.05) is 65.7 Å². The Morgan fingerprint density at radius 3 is 2.32 bits per heavy atom. The molecule has 4 aromatic carbocycles. The first-order valence-electron chi connectivity index (χ1n) is 19.3. The third-order valence-electron chi connectivity index (χ3n) is 10.4. The van der Waals surface area contributed by atoms with Crippen molar-refractivity contribution in [2.75, 3.05) is 6.61 Å². The van der Waals surface area contributed by atoms with Gasteiger partial charge >= 0.3 is 12.1 Å². The normalized spacial score (nSPS) is 16.4. The quantitative estimate of drug-likeness (QED) is 0.141. The predicted molar refractivity (Wildman–Crippen MR) is 224 cm³/mol. The molecule has 2 N–H and O–H groups in total. The van der Waals surface area contributed by atoms with E-state index in [4.69, 9.17) is 42.1 Å². The maximum absolute atomic E-state index is 14.0. The molecule has 0 spiro atoms. The second-order valence-electron chi connectivity index (χ2n) is 15.8. The third kappa shape index (κ3) is 9.75. The van der Waals surface area contributed by atoms with Gasteiger partial charge in [-0.3, -0.25) is 14.7 Å². The predicted octanol–water partition coefficient (Wildman–Crippen LogP) is 9.24. The second kappa shape index (κ2) is 17.2. The summed E-state index contributed by atoms with van der Waals surface area (Å²) in [5.74, 6) is -0.119. The number of benzene rings is 4. The molecular weight excluding hydrogens is 793 g/mol. The molecule has 0 saturated heterocycles. The Morgan fingerprint density at radius 2 is 1.63 bits per heavy atom. The van der Waals surface area contributed by atoms with Crippen LogP contribution in [0.1, 0.15) is 65.9 Å². The highest BCUT2D eigenvalue weighted by atomic mass is 35.5. The molecule has 306 valence electrons. The van der Waals surface area contributed by atoms with Crippen LogP contribution < -0.4 is 19.5 Å². The van der Waals surface area contributed by atoms with Crippen LogP contribution in [-0.2, 0) is 40.3 Å². The molecular formula is C46H45Cl2N3O8. The number of aliphatic carboxylic acids is 1. The summed E-state index contributed by atoms with van der Waals surface area (Å²) < 4.78 is 24.3. The van der Waals surface area contributed by atoms with Crippen molar-refractivity contribution in [3.05, 3.63) is 140 Å². The third-order valence-corrected chi connectivity index (χ3v) is 11.1. The molecule has 59 heavy (non-hydrogen) atoms. The fraction of sp³-hybridized carbons (Fsp3) is 0.304. The number of hydrogen-bond acceptors (Lipinski definition) is 8. The molecule has 0 fully saturated rings. The van der Waals surface area contributed by atoms with Gasteiger partial charge < -0.3 is 29.4 Å². The number of halogens is 2. The van der Waals surface area contributed by atoms with Crippen molar-refractivity contribution in [2.24, 2.45) is 0 Å². The first-order valence-corrected chi connectivity index (χ1v) is 20.0. The summed E-state index contributed by atoms with van der Waals surface area (Å²) in [5, 5.41) is 13.9. The number of rotatable bonds is 10. The number of carboxylic acids is 1. The zero-order valence-corrected chi connectivity index (χ0v) is 34.9. The van der Waals surface area contributed by atoms with Crippen molar-refractivity contribution < 1.29 is 38.4 Å². The Morgan fingerprint density at radius 1 is 0.915 bits per heavy atom. The van der Waals surface area contributed by atoms with Crippen LogP contribution in [-0.4, -0.2) is 57.3 Å². The number of carbonyl (C=O) groups excluding carboxylic acids is 2. The zero-order valence-electron chi connectivity index (χ0n) is 33.4. The Bertz CT molecular complexity index is 2380. The van der Waals surface area contributed by atoms with E-state index < -0.39 is 41.8 Å². The second-order valence-corrected chi connectivity index (χ2v) is 16.6. The monoisotopic (exact) mass is 837 g/mol. The molecule has 0 saturated carbocycles. The van der Waals surface area contributed by atoms with Crippen molar-refractivity contribution >= 4 is 41.2 Å². The number of amides is 2. The van der Waals surface area contributed by atoms with E-state index in [9.17, 15) is 19.5 Å². The SMILES string of the molecule is Cc1nccc(-c2ccc(C[C@H](NC(=O)[C@@H]3Cc4cc5c(cc4CN3C(=O)OC(C)(C)C)O[C@H](c3ccc(OCc4ccc(Cl)c(Cl)c4)cc3)CO5)C(=O)O)cc2)c1C. The van der Waals surface area contributed by atoms with E-state index in [1.54, 1.807) is 39.1 Å². The molecule has 2 aliphatic heterocycles. The number of nitrogens with one attached hydrogen (secondary N) is 1. The molecule has 13 heteroatoms. The summed E-state index contributed by atoms with van der Waals surface area (Å²) >= 11 is 12.2. The fourth-order valence-corrected chi connectivity index (χ4v) is 7.43. The first-order chi connectivity index (χ1) is 28.1. The van der Waals surface area contributed by atoms with E-state index in [-0.39, 0.29) is 26.0 Å². The molecule has 1 aromatic heterocycles. The lowest BCUT2D eigenvalue weighted by atomic mass is 9.92. The molecule has 7 rings (SSSR count). The van der Waals surface area contributed by atoms with Gasteiger partial charge in [0.15, 0.2) is 17.6 Å². The topological polar surface area (TPSA) is 137 Å². The molecule has 0 aliphatic carbocycles. The molecule has 5 aromatic rings. The number of pyridine rings is 1. The summed E-state index contributed by atoms with van der Waals surface area (Å²) in [4.78, 5) is 45.9. The molecule has 2 amide bonds. The fourth-order valence-electron chi connectivity index (χ4n) is 7.11. The van der Waals surface area contributed by atoms with Crippen molar-refractivity contribution in [1.29, 1.82) is 0 Å². The van der Waals surface area contributed by atoms with Crippen molar-refractivity contribution in [3.8, 4) is 28.4 Å². The van der Waals surface area contributed by atoms with Crippen LogP contribution in [0.3, 0.4) is 0 Å². The van der Waals surface area contributed by atoms with Crippen LogP contribution in [0.2, 0.25) is 10.0 Å². The Balaban J connectivity index is 1.05. The molecule has 0 radical (unpaired) electrons. The molecule has 2 aliphatic rings. The molecule has 3 atom stereocenters. The largest absolute Gasteiger partial charge is 0.489 e. The Hall–Kier alpha value is -5.78. The van der Waals surface area contributed by atoms with Gasteiger partial charge in [0, 0.05) is 24.7 Å². The molecule has 3 heterocycles. The number of ether oxygens (including phenoxy) is 4. The van der Waals surface area contributed by atoms with Gasteiger partial charge in [0.2, 0.25) is 5.91 Å². The summed E-state index contributed by atoms with van der Waals surface area (Å²) in [6, 6.07) is 23.8. The van der Waals surface area contributed by atoms with E-state index >= 15 is 0 Å². The van der Waals surface area contributed by atoms with Gasteiger partial charge in [-0.2, -0.15) is 0 Å². The Labute approximate surface area is 353 Å². The number of carboxylic acid groups (broad SMARTS) is 1. The van der Waals surface area contributed by atoms with Crippen LogP contribution >= 0.6 is 23.2 Å². The van der Waals surface area contributed by atoms with Gasteiger partial charge in [0.25, 0.3) is 0 Å². The van der Waals surface area contributed by atoms with Gasteiger partial charge in [0.05, 0.1) is 16.6 Å². The summed E-state index contributed by atoms with van der Waals surface area (Å²) in [5.41, 5.74) is 7.20. The molecule has 11 nitrogen and oxygen atoms in total. The standard InChI is InChI=1S/C46H45Cl2N3O8/c1-26-27(2)49-17-16-35(26)30-9-6-28(7-10-30)19-38(44(53)54)50-43(52)39-20-32-21-40-41(22-33(32)23-51(39)45(55)59-46(3,4)5)58-42(25-57-40)31-11-13-34(14-12-31)56-24-29-8-15-36(47)37(48)18-29/h6-18,21-22,38-39,42H,19-20,23-25H2,1-5H3,(H,50,52)(H,53,54)/t38-,39-,42-/m0/s1. The highest BCUT2D eigenvalue weighted by molar-refractivity contribution is 6.42. The van der Waals surface area contributed by atoms with Crippen LogP contribution in [0.4, 0.5) is 4.79 Å². The van der Waals surface area contributed by atoms with E-state index in [0.29, 0.717) is 33.9 Å². The number of carbonyl (C=O) groups is 3. The smallest absolute Gasteiger partial charge is 0.411 e. The average Bonchev–Trinajstić information content (AvgIpc) is 3.20. The number of aryl methyl sites for hydroxylation is 1. The highest BCUT2D eigenvalue weighted by Crippen LogP contribution is 2.41. The maximum Gasteiger partial charge on any atom is 0.411 e. The lowest BCUT2D eigenvalue weighted by Crippen LogP contribution is -2.56. The summed E-state index contributed by atoms with van der Waals surface area (Å²) in [7, 11) is 0. The van der Waals surface area contributed by atoms with E-state index in [2.05, 4.69) is 10.3 Å². The van der Waals surface area contributed by atoms with Crippen LogP contribution in [0.5, 0.6) is 17.2 Å². The lowest BCUT2D eigenvalue weighted by molar-refractivity contribution is -0.142. The van der Waals surface area contributed by atoms with Gasteiger partial charge in [-0.05, 0) is 122 Å². The van der Waals surface area contributed by atoms with Gasteiger partial charge in [-0.15, -0.1) is 0 Å². The van der Waals surface area contributed by atoms with E-state index in [0.717, 1.165) is 50.2 Å². The molecule has 0 bridgehead atoms. The van der Waals surface area contributed by atoms with Crippen LogP contribution in [0, 0.1) is 13.8 Å². The van der Waals surface area contributed by atoms with Crippen LogP contribution in [0.15, 0.2) is 91.1 Å². The van der Waals surface area contributed by atoms with E-state index in [1.807, 2.05) is 86.6 Å². The minimum absolute atomic E-state index is 0.0294. The first kappa shape index (κ1) is 41.4. The summed E-state index contributed by atoms with van der Waals surface area (Å²) in [6.07, 6.45) is 0.802. The summed E-state index contributed by atoms with van der Waals surface area (Å²) in [6.45, 7) is 9.80. The van der Waals surface area contributed by atoms with Crippen molar-refractivity contribution in [3.63, 3.8) is 0 Å².